The van der Waals surface area contributed by atoms with Crippen LogP contribution in [0.3, 0.4) is 0 Å². The fourth-order valence-electron chi connectivity index (χ4n) is 3.46. The Labute approximate surface area is 150 Å². The number of carbonyl (C=O) groups excluding carboxylic acids is 4. The van der Waals surface area contributed by atoms with Gasteiger partial charge in [0.05, 0.1) is 0 Å². The number of rotatable bonds is 4. The third-order valence-electron chi connectivity index (χ3n) is 4.68. The van der Waals surface area contributed by atoms with Crippen LogP contribution in [-0.2, 0) is 40.2 Å². The average Bonchev–Trinajstić information content (AvgIpc) is 3.08. The van der Waals surface area contributed by atoms with Crippen molar-refractivity contribution in [1.29, 1.82) is 0 Å². The predicted molar refractivity (Wildman–Crippen MR) is 73.0 cm³/mol. The zero-order valence-electron chi connectivity index (χ0n) is 13.3. The molecule has 2 rings (SSSR count). The summed E-state index contributed by atoms with van der Waals surface area (Å²) in [6, 6.07) is 0. The second-order valence-electron chi connectivity index (χ2n) is 6.15. The van der Waals surface area contributed by atoms with E-state index in [1.54, 1.807) is 0 Å². The molecule has 0 aliphatic heterocycles. The van der Waals surface area contributed by atoms with Crippen LogP contribution in [-0.4, -0.2) is 23.5 Å². The third kappa shape index (κ3) is 6.17. The molecule has 0 aromatic heterocycles. The number of hydrogen-bond donors (Lipinski definition) is 0. The van der Waals surface area contributed by atoms with Crippen LogP contribution in [0.5, 0.6) is 0 Å². The summed E-state index contributed by atoms with van der Waals surface area (Å²) in [6.45, 7) is 2.90. The summed E-state index contributed by atoms with van der Waals surface area (Å²) >= 11 is 0. The predicted octanol–water partition coefficient (Wildman–Crippen LogP) is -0.519. The van der Waals surface area contributed by atoms with Gasteiger partial charge in [-0.15, -0.1) is 0 Å². The van der Waals surface area contributed by atoms with Gasteiger partial charge in [0, 0.05) is 35.6 Å². The number of aliphatic carboxylic acids is 2. The summed E-state index contributed by atoms with van der Waals surface area (Å²) in [7, 11) is 0. The third-order valence-corrected chi connectivity index (χ3v) is 4.68. The van der Waals surface area contributed by atoms with E-state index in [0.29, 0.717) is 25.7 Å². The van der Waals surface area contributed by atoms with Crippen molar-refractivity contribution < 1.29 is 50.5 Å². The molecule has 0 bridgehead atoms. The number of carbonyl (C=O) groups is 4. The van der Waals surface area contributed by atoms with Gasteiger partial charge in [-0.25, -0.2) is 0 Å². The Hall–Kier alpha value is -1.03. The molecule has 2 fully saturated rings. The second-order valence-corrected chi connectivity index (χ2v) is 6.15. The Bertz CT molecular complexity index is 379. The smallest absolute Gasteiger partial charge is 0.550 e. The Morgan fingerprint density at radius 1 is 0.652 bits per heavy atom. The van der Waals surface area contributed by atoms with Crippen molar-refractivity contribution in [2.24, 2.45) is 23.7 Å². The summed E-state index contributed by atoms with van der Waals surface area (Å²) in [5.41, 5.74) is 0. The molecule has 4 atom stereocenters. The minimum atomic E-state index is -1.07. The van der Waals surface area contributed by atoms with Gasteiger partial charge in [0.2, 0.25) is 0 Å². The monoisotopic (exact) mass is 505 g/mol. The molecule has 0 radical (unpaired) electrons. The molecule has 2 aliphatic carbocycles. The molecule has 0 aromatic carbocycles. The number of Topliss-reactive ketones (excluding diaryl/α,β-unsaturated/α-hetero) is 2. The van der Waals surface area contributed by atoms with Gasteiger partial charge in [0.1, 0.15) is 11.6 Å². The van der Waals surface area contributed by atoms with E-state index in [1.165, 1.54) is 13.8 Å². The number of carboxylic acids is 2. The molecule has 0 aromatic rings. The van der Waals surface area contributed by atoms with Crippen molar-refractivity contribution in [3.05, 3.63) is 0 Å². The van der Waals surface area contributed by atoms with Gasteiger partial charge in [-0.3, -0.25) is 9.59 Å². The maximum absolute atomic E-state index is 10.9. The van der Waals surface area contributed by atoms with Crippen molar-refractivity contribution in [2.75, 3.05) is 0 Å². The molecule has 6 nitrogen and oxygen atoms in total. The minimum absolute atomic E-state index is 0. The van der Waals surface area contributed by atoms with Crippen molar-refractivity contribution in [3.8, 4) is 0 Å². The summed E-state index contributed by atoms with van der Waals surface area (Å²) in [4.78, 5) is 42.6. The zero-order chi connectivity index (χ0) is 16.9. The maximum atomic E-state index is 10.9. The van der Waals surface area contributed by atoms with E-state index in [4.69, 9.17) is 0 Å². The molecule has 0 amide bonds. The van der Waals surface area contributed by atoms with E-state index >= 15 is 0 Å². The van der Waals surface area contributed by atoms with Gasteiger partial charge < -0.3 is 19.8 Å². The van der Waals surface area contributed by atoms with Crippen molar-refractivity contribution >= 4 is 23.5 Å². The van der Waals surface area contributed by atoms with Crippen LogP contribution in [0.15, 0.2) is 0 Å². The van der Waals surface area contributed by atoms with E-state index < -0.39 is 23.8 Å². The molecular weight excluding hydrogens is 483 g/mol. The molecule has 2 saturated carbocycles. The molecule has 0 saturated heterocycles. The first-order valence-electron chi connectivity index (χ1n) is 7.68. The van der Waals surface area contributed by atoms with Crippen molar-refractivity contribution in [2.45, 2.75) is 52.4 Å². The van der Waals surface area contributed by atoms with Crippen LogP contribution < -0.4 is 10.2 Å². The first-order chi connectivity index (χ1) is 10.3. The van der Waals surface area contributed by atoms with Crippen LogP contribution in [0.4, 0.5) is 0 Å². The van der Waals surface area contributed by atoms with Gasteiger partial charge in [-0.2, -0.15) is 0 Å². The fraction of sp³-hybridized carbons (Fsp3) is 0.750. The van der Waals surface area contributed by atoms with Crippen LogP contribution >= 0.6 is 0 Å². The van der Waals surface area contributed by atoms with E-state index in [-0.39, 0.29) is 44.5 Å². The summed E-state index contributed by atoms with van der Waals surface area (Å²) in [6.07, 6.45) is 4.31. The van der Waals surface area contributed by atoms with E-state index in [9.17, 15) is 29.4 Å². The molecule has 7 heteroatoms. The molecule has 2 aliphatic rings. The van der Waals surface area contributed by atoms with Gasteiger partial charge in [0.25, 0.3) is 0 Å². The molecule has 4 unspecified atom stereocenters. The normalized spacial score (nSPS) is 29.0. The van der Waals surface area contributed by atoms with Gasteiger partial charge in [-0.05, 0) is 39.5 Å². The van der Waals surface area contributed by atoms with E-state index in [0.717, 1.165) is 12.8 Å². The van der Waals surface area contributed by atoms with E-state index in [1.807, 2.05) is 0 Å². The molecule has 0 heterocycles. The van der Waals surface area contributed by atoms with Crippen molar-refractivity contribution in [1.82, 2.24) is 0 Å². The first-order valence-corrected chi connectivity index (χ1v) is 7.68. The summed E-state index contributed by atoms with van der Waals surface area (Å²) in [5.74, 6) is -3.76. The maximum Gasteiger partial charge on any atom is 2.00 e. The standard InChI is InChI=1S/2C8H12O3.Pt/c2*1-5(9)6-3-2-4-7(6)8(10)11;/h2*6-7H,2-4H2,1H3,(H,10,11);/q;;+2/p-2. The molecule has 23 heavy (non-hydrogen) atoms. The summed E-state index contributed by atoms with van der Waals surface area (Å²) in [5, 5.41) is 20.9. The minimum Gasteiger partial charge on any atom is -0.550 e. The summed E-state index contributed by atoms with van der Waals surface area (Å²) < 4.78 is 0. The molecular formula is C16H22O6Pt. The Kier molecular flexibility index (Phi) is 9.52. The fourth-order valence-corrected chi connectivity index (χ4v) is 3.46. The topological polar surface area (TPSA) is 114 Å². The number of hydrogen-bond acceptors (Lipinski definition) is 6. The van der Waals surface area contributed by atoms with Gasteiger partial charge in [-0.1, -0.05) is 12.8 Å². The quantitative estimate of drug-likeness (QED) is 0.508. The SMILES string of the molecule is CC(=O)C1CCCC1C(=O)[O-].CC(=O)C1CCCC1C(=O)[O-].[Pt+2]. The van der Waals surface area contributed by atoms with Gasteiger partial charge in [0.15, 0.2) is 0 Å². The van der Waals surface area contributed by atoms with Crippen LogP contribution in [0, 0.1) is 23.7 Å². The van der Waals surface area contributed by atoms with Crippen molar-refractivity contribution in [3.63, 3.8) is 0 Å². The molecule has 0 spiro atoms. The molecule has 132 valence electrons. The second kappa shape index (κ2) is 9.96. The first kappa shape index (κ1) is 22.0. The average molecular weight is 505 g/mol. The Balaban J connectivity index is 0.000000403. The molecule has 0 N–H and O–H groups in total. The number of ketones is 2. The number of carboxylic acid groups (broad SMARTS) is 2. The largest absolute Gasteiger partial charge is 2.00 e. The van der Waals surface area contributed by atoms with Gasteiger partial charge >= 0.3 is 21.1 Å². The van der Waals surface area contributed by atoms with Crippen LogP contribution in [0.1, 0.15) is 52.4 Å². The van der Waals surface area contributed by atoms with E-state index in [2.05, 4.69) is 0 Å². The zero-order valence-corrected chi connectivity index (χ0v) is 15.6. The van der Waals surface area contributed by atoms with Crippen LogP contribution in [0.25, 0.3) is 0 Å². The Morgan fingerprint density at radius 2 is 0.913 bits per heavy atom. The van der Waals surface area contributed by atoms with Crippen LogP contribution in [0.2, 0.25) is 0 Å². The Morgan fingerprint density at radius 3 is 1.09 bits per heavy atom.